The number of ether oxygens (including phenoxy) is 1. The van der Waals surface area contributed by atoms with Gasteiger partial charge in [-0.2, -0.15) is 8.42 Å². The highest BCUT2D eigenvalue weighted by Crippen LogP contribution is 2.39. The normalized spacial score (nSPS) is 12.3. The van der Waals surface area contributed by atoms with Crippen LogP contribution in [-0.4, -0.2) is 29.3 Å². The summed E-state index contributed by atoms with van der Waals surface area (Å²) in [7, 11) is -4.43. The summed E-state index contributed by atoms with van der Waals surface area (Å²) in [6.07, 6.45) is 1.66. The van der Waals surface area contributed by atoms with E-state index in [4.69, 9.17) is 8.92 Å². The van der Waals surface area contributed by atoms with Gasteiger partial charge < -0.3 is 8.92 Å². The van der Waals surface area contributed by atoms with E-state index in [0.717, 1.165) is 11.6 Å². The number of hydrogen-bond acceptors (Lipinski definition) is 9. The van der Waals surface area contributed by atoms with Crippen LogP contribution in [0.15, 0.2) is 74.8 Å². The molecule has 13 heteroatoms. The van der Waals surface area contributed by atoms with Gasteiger partial charge in [-0.15, -0.1) is 0 Å². The van der Waals surface area contributed by atoms with Crippen LogP contribution in [0.1, 0.15) is 12.5 Å². The average molecular weight is 602 g/mol. The van der Waals surface area contributed by atoms with E-state index in [1.807, 2.05) is 24.3 Å². The Morgan fingerprint density at radius 1 is 1.16 bits per heavy atom. The van der Waals surface area contributed by atoms with Gasteiger partial charge in [-0.25, -0.2) is 9.38 Å². The van der Waals surface area contributed by atoms with Crippen LogP contribution in [0.25, 0.3) is 22.1 Å². The fourth-order valence-corrected chi connectivity index (χ4v) is 6.32. The molecule has 2 heterocycles. The largest absolute Gasteiger partial charge is 0.490 e. The van der Waals surface area contributed by atoms with E-state index in [-0.39, 0.29) is 38.7 Å². The van der Waals surface area contributed by atoms with Crippen LogP contribution in [-0.2, 0) is 10.1 Å². The van der Waals surface area contributed by atoms with Crippen LogP contribution in [0, 0.1) is 10.1 Å². The van der Waals surface area contributed by atoms with Gasteiger partial charge in [0.2, 0.25) is 0 Å². The van der Waals surface area contributed by atoms with Crippen molar-refractivity contribution in [3.63, 3.8) is 0 Å². The summed E-state index contributed by atoms with van der Waals surface area (Å²) in [6, 6.07) is 15.0. The van der Waals surface area contributed by atoms with E-state index in [1.165, 1.54) is 29.5 Å². The summed E-state index contributed by atoms with van der Waals surface area (Å²) >= 11 is 4.56. The van der Waals surface area contributed by atoms with E-state index in [9.17, 15) is 23.3 Å². The quantitative estimate of drug-likeness (QED) is 0.153. The number of halogens is 1. The van der Waals surface area contributed by atoms with E-state index >= 15 is 0 Å². The molecule has 0 amide bonds. The number of imidazole rings is 1. The van der Waals surface area contributed by atoms with Gasteiger partial charge >= 0.3 is 10.1 Å². The standard InChI is InChI=1S/C24H16BrN3O7S2/c1-2-34-20-11-14(12-21-23(29)27-19-9-4-3-8-18(19)26-24(27)36-21)10-17(25)22(20)35-37(32,33)16-7-5-6-15(13-16)28(30)31/h3-13H,2H2,1H3/b21-12+. The molecule has 0 aliphatic heterocycles. The molecule has 0 bridgehead atoms. The second kappa shape index (κ2) is 9.57. The second-order valence-corrected chi connectivity index (χ2v) is 11.1. The Morgan fingerprint density at radius 3 is 2.70 bits per heavy atom. The third-order valence-electron chi connectivity index (χ3n) is 5.28. The summed E-state index contributed by atoms with van der Waals surface area (Å²) in [5.41, 5.74) is 1.38. The zero-order valence-corrected chi connectivity index (χ0v) is 22.2. The molecule has 10 nitrogen and oxygen atoms in total. The first-order chi connectivity index (χ1) is 17.7. The number of aromatic nitrogens is 2. The first-order valence-corrected chi connectivity index (χ1v) is 13.8. The first-order valence-electron chi connectivity index (χ1n) is 10.7. The number of fused-ring (bicyclic) bond motifs is 3. The van der Waals surface area contributed by atoms with Gasteiger partial charge in [-0.3, -0.25) is 14.9 Å². The number of rotatable bonds is 7. The maximum absolute atomic E-state index is 13.1. The van der Waals surface area contributed by atoms with E-state index in [0.29, 0.717) is 20.6 Å². The average Bonchev–Trinajstić information content (AvgIpc) is 3.37. The molecule has 5 rings (SSSR count). The molecule has 2 aromatic heterocycles. The molecule has 0 N–H and O–H groups in total. The summed E-state index contributed by atoms with van der Waals surface area (Å²) in [6.45, 7) is 1.92. The predicted octanol–water partition coefficient (Wildman–Crippen LogP) is 4.29. The molecule has 0 radical (unpaired) electrons. The first kappa shape index (κ1) is 24.9. The van der Waals surface area contributed by atoms with Crippen molar-refractivity contribution in [1.82, 2.24) is 9.38 Å². The second-order valence-electron chi connectivity index (χ2n) is 7.69. The minimum absolute atomic E-state index is 0.108. The summed E-state index contributed by atoms with van der Waals surface area (Å²) in [5, 5.41) is 11.1. The highest BCUT2D eigenvalue weighted by Gasteiger charge is 2.24. The Bertz CT molecular complexity index is 1920. The van der Waals surface area contributed by atoms with E-state index < -0.39 is 15.0 Å². The number of nitro benzene ring substituents is 1. The maximum Gasteiger partial charge on any atom is 0.339 e. The molecule has 0 saturated heterocycles. The van der Waals surface area contributed by atoms with Gasteiger partial charge in [0.25, 0.3) is 11.2 Å². The van der Waals surface area contributed by atoms with Crippen LogP contribution < -0.4 is 19.0 Å². The SMILES string of the molecule is CCOc1cc(/C=c2/sc3nc4ccccc4n3c2=O)cc(Br)c1OS(=O)(=O)c1cccc([N+](=O)[O-])c1. The van der Waals surface area contributed by atoms with E-state index in [2.05, 4.69) is 20.9 Å². The smallest absolute Gasteiger partial charge is 0.339 e. The molecule has 0 spiro atoms. The lowest BCUT2D eigenvalue weighted by molar-refractivity contribution is -0.385. The van der Waals surface area contributed by atoms with Gasteiger partial charge in [0.1, 0.15) is 4.90 Å². The van der Waals surface area contributed by atoms with Crippen molar-refractivity contribution in [2.45, 2.75) is 11.8 Å². The van der Waals surface area contributed by atoms with Crippen molar-refractivity contribution in [3.05, 3.63) is 95.7 Å². The van der Waals surface area contributed by atoms with Crippen LogP contribution in [0.5, 0.6) is 11.5 Å². The lowest BCUT2D eigenvalue weighted by Gasteiger charge is -2.14. The van der Waals surface area contributed by atoms with Gasteiger partial charge in [0, 0.05) is 12.1 Å². The Kier molecular flexibility index (Phi) is 6.43. The number of benzene rings is 3. The Labute approximate surface area is 221 Å². The minimum Gasteiger partial charge on any atom is -0.490 e. The molecule has 5 aromatic rings. The third kappa shape index (κ3) is 4.68. The maximum atomic E-state index is 13.1. The highest BCUT2D eigenvalue weighted by atomic mass is 79.9. The number of hydrogen-bond donors (Lipinski definition) is 0. The van der Waals surface area contributed by atoms with Crippen LogP contribution in [0.2, 0.25) is 0 Å². The van der Waals surface area contributed by atoms with Gasteiger partial charge in [-0.1, -0.05) is 29.5 Å². The molecule has 0 fully saturated rings. The number of nitro groups is 1. The molecule has 0 aliphatic carbocycles. The topological polar surface area (TPSA) is 130 Å². The van der Waals surface area contributed by atoms with E-state index in [1.54, 1.807) is 29.5 Å². The molecule has 3 aromatic carbocycles. The molecule has 37 heavy (non-hydrogen) atoms. The predicted molar refractivity (Wildman–Crippen MR) is 142 cm³/mol. The summed E-state index contributed by atoms with van der Waals surface area (Å²) < 4.78 is 39.0. The van der Waals surface area contributed by atoms with Crippen molar-refractivity contribution in [2.75, 3.05) is 6.61 Å². The van der Waals surface area contributed by atoms with Crippen molar-refractivity contribution < 1.29 is 22.3 Å². The van der Waals surface area contributed by atoms with Gasteiger partial charge in [0.05, 0.1) is 31.6 Å². The number of non-ortho nitro benzene ring substituents is 1. The Morgan fingerprint density at radius 2 is 1.95 bits per heavy atom. The van der Waals surface area contributed by atoms with Crippen molar-refractivity contribution in [3.8, 4) is 11.5 Å². The summed E-state index contributed by atoms with van der Waals surface area (Å²) in [5.74, 6) is -0.0174. The molecular formula is C24H16BrN3O7S2. The fraction of sp³-hybridized carbons (Fsp3) is 0.0833. The number of thiazole rings is 1. The number of nitrogens with zero attached hydrogens (tertiary/aromatic N) is 3. The monoisotopic (exact) mass is 601 g/mol. The van der Waals surface area contributed by atoms with Crippen molar-refractivity contribution in [2.24, 2.45) is 0 Å². The minimum atomic E-state index is -4.43. The third-order valence-corrected chi connectivity index (χ3v) is 8.06. The highest BCUT2D eigenvalue weighted by molar-refractivity contribution is 9.10. The summed E-state index contributed by atoms with van der Waals surface area (Å²) in [4.78, 5) is 28.1. The molecular weight excluding hydrogens is 586 g/mol. The van der Waals surface area contributed by atoms with Crippen molar-refractivity contribution in [1.29, 1.82) is 0 Å². The van der Waals surface area contributed by atoms with Crippen LogP contribution in [0.3, 0.4) is 0 Å². The van der Waals surface area contributed by atoms with Crippen LogP contribution >= 0.6 is 27.3 Å². The molecule has 0 atom stereocenters. The lowest BCUT2D eigenvalue weighted by Crippen LogP contribution is -2.22. The Balaban J connectivity index is 1.57. The number of para-hydroxylation sites is 2. The molecule has 0 saturated carbocycles. The Hall–Kier alpha value is -3.81. The molecule has 188 valence electrons. The molecule has 0 unspecified atom stereocenters. The lowest BCUT2D eigenvalue weighted by atomic mass is 10.2. The zero-order chi connectivity index (χ0) is 26.3. The van der Waals surface area contributed by atoms with Gasteiger partial charge in [-0.05, 0) is 64.8 Å². The fourth-order valence-electron chi connectivity index (χ4n) is 3.69. The zero-order valence-electron chi connectivity index (χ0n) is 19.0. The molecule has 0 aliphatic rings. The van der Waals surface area contributed by atoms with Crippen molar-refractivity contribution >= 4 is 65.1 Å². The van der Waals surface area contributed by atoms with Gasteiger partial charge in [0.15, 0.2) is 16.5 Å². The van der Waals surface area contributed by atoms with Crippen LogP contribution in [0.4, 0.5) is 5.69 Å².